The highest BCUT2D eigenvalue weighted by Gasteiger charge is 2.40. The predicted octanol–water partition coefficient (Wildman–Crippen LogP) is 3.11. The standard InChI is InChI=1S/C22H28N2O4S/c1-17-5-4-6-20(15-17)29(26,27)24-13-11-22(2,12-14-24)21(25)23-16-18-7-9-19(28-3)10-8-18/h4-10,15H,11-14,16H2,1-3H3,(H,23,25). The lowest BCUT2D eigenvalue weighted by Gasteiger charge is -2.37. The Morgan fingerprint density at radius 1 is 1.14 bits per heavy atom. The minimum Gasteiger partial charge on any atom is -0.497 e. The highest BCUT2D eigenvalue weighted by atomic mass is 32.2. The number of hydrogen-bond donors (Lipinski definition) is 1. The molecule has 0 aliphatic carbocycles. The quantitative estimate of drug-likeness (QED) is 0.785. The molecular weight excluding hydrogens is 388 g/mol. The van der Waals surface area contributed by atoms with Crippen molar-refractivity contribution < 1.29 is 17.9 Å². The summed E-state index contributed by atoms with van der Waals surface area (Å²) in [7, 11) is -1.92. The first-order valence-corrected chi connectivity index (χ1v) is 11.2. The molecule has 0 saturated carbocycles. The average Bonchev–Trinajstić information content (AvgIpc) is 2.72. The van der Waals surface area contributed by atoms with Crippen molar-refractivity contribution in [2.24, 2.45) is 5.41 Å². The molecular formula is C22H28N2O4S. The van der Waals surface area contributed by atoms with Gasteiger partial charge in [-0.15, -0.1) is 0 Å². The molecule has 0 radical (unpaired) electrons. The summed E-state index contributed by atoms with van der Waals surface area (Å²) < 4.78 is 32.4. The molecule has 0 spiro atoms. The van der Waals surface area contributed by atoms with Gasteiger partial charge in [0.25, 0.3) is 0 Å². The maximum Gasteiger partial charge on any atom is 0.243 e. The van der Waals surface area contributed by atoms with Crippen LogP contribution in [0.4, 0.5) is 0 Å². The lowest BCUT2D eigenvalue weighted by Crippen LogP contribution is -2.48. The van der Waals surface area contributed by atoms with Gasteiger partial charge in [0.05, 0.1) is 12.0 Å². The molecule has 0 aromatic heterocycles. The molecule has 1 aliphatic rings. The Bertz CT molecular complexity index is 963. The molecule has 6 nitrogen and oxygen atoms in total. The molecule has 1 heterocycles. The van der Waals surface area contributed by atoms with Crippen molar-refractivity contribution in [3.63, 3.8) is 0 Å². The number of benzene rings is 2. The SMILES string of the molecule is COc1ccc(CNC(=O)C2(C)CCN(S(=O)(=O)c3cccc(C)c3)CC2)cc1. The number of sulfonamides is 1. The van der Waals surface area contributed by atoms with Gasteiger partial charge in [-0.05, 0) is 55.2 Å². The van der Waals surface area contributed by atoms with Gasteiger partial charge in [-0.3, -0.25) is 4.79 Å². The van der Waals surface area contributed by atoms with Crippen LogP contribution in [0.3, 0.4) is 0 Å². The first-order chi connectivity index (χ1) is 13.7. The molecule has 7 heteroatoms. The van der Waals surface area contributed by atoms with E-state index in [0.717, 1.165) is 16.9 Å². The van der Waals surface area contributed by atoms with Crippen LogP contribution in [0.1, 0.15) is 30.9 Å². The van der Waals surface area contributed by atoms with Gasteiger partial charge in [-0.2, -0.15) is 4.31 Å². The Balaban J connectivity index is 1.59. The molecule has 29 heavy (non-hydrogen) atoms. The Morgan fingerprint density at radius 2 is 1.79 bits per heavy atom. The van der Waals surface area contributed by atoms with Gasteiger partial charge >= 0.3 is 0 Å². The third-order valence-electron chi connectivity index (χ3n) is 5.61. The van der Waals surface area contributed by atoms with Gasteiger partial charge in [-0.1, -0.05) is 31.2 Å². The van der Waals surface area contributed by atoms with Gasteiger partial charge < -0.3 is 10.1 Å². The van der Waals surface area contributed by atoms with Crippen molar-refractivity contribution in [3.8, 4) is 5.75 Å². The Hall–Kier alpha value is -2.38. The largest absolute Gasteiger partial charge is 0.497 e. The van der Waals surface area contributed by atoms with Gasteiger partial charge in [-0.25, -0.2) is 8.42 Å². The van der Waals surface area contributed by atoms with E-state index in [-0.39, 0.29) is 5.91 Å². The third kappa shape index (κ3) is 4.79. The number of carbonyl (C=O) groups is 1. The smallest absolute Gasteiger partial charge is 0.243 e. The fraction of sp³-hybridized carbons (Fsp3) is 0.409. The van der Waals surface area contributed by atoms with Crippen molar-refractivity contribution in [1.29, 1.82) is 0 Å². The maximum absolute atomic E-state index is 12.9. The number of amides is 1. The number of methoxy groups -OCH3 is 1. The monoisotopic (exact) mass is 416 g/mol. The molecule has 1 N–H and O–H groups in total. The van der Waals surface area contributed by atoms with Gasteiger partial charge in [0.15, 0.2) is 0 Å². The van der Waals surface area contributed by atoms with E-state index in [2.05, 4.69) is 5.32 Å². The van der Waals surface area contributed by atoms with Crippen LogP contribution in [-0.2, 0) is 21.4 Å². The van der Waals surface area contributed by atoms with Crippen LogP contribution in [0.5, 0.6) is 5.75 Å². The fourth-order valence-corrected chi connectivity index (χ4v) is 5.06. The summed E-state index contributed by atoms with van der Waals surface area (Å²) in [5.41, 5.74) is 1.32. The lowest BCUT2D eigenvalue weighted by atomic mass is 9.80. The van der Waals surface area contributed by atoms with Crippen LogP contribution in [0.25, 0.3) is 0 Å². The topological polar surface area (TPSA) is 75.7 Å². The predicted molar refractivity (Wildman–Crippen MR) is 112 cm³/mol. The van der Waals surface area contributed by atoms with Crippen molar-refractivity contribution in [3.05, 3.63) is 59.7 Å². The maximum atomic E-state index is 12.9. The molecule has 2 aromatic carbocycles. The third-order valence-corrected chi connectivity index (χ3v) is 7.51. The fourth-order valence-electron chi connectivity index (χ4n) is 3.51. The van der Waals surface area contributed by atoms with E-state index in [0.29, 0.717) is 37.4 Å². The van der Waals surface area contributed by atoms with Crippen LogP contribution in [0, 0.1) is 12.3 Å². The van der Waals surface area contributed by atoms with Crippen LogP contribution in [0.2, 0.25) is 0 Å². The summed E-state index contributed by atoms with van der Waals surface area (Å²) in [6.45, 7) is 4.89. The van der Waals surface area contributed by atoms with E-state index < -0.39 is 15.4 Å². The van der Waals surface area contributed by atoms with Crippen LogP contribution in [0.15, 0.2) is 53.4 Å². The minimum absolute atomic E-state index is 0.0408. The second kappa shape index (κ2) is 8.55. The highest BCUT2D eigenvalue weighted by Crippen LogP contribution is 2.33. The molecule has 0 unspecified atom stereocenters. The Morgan fingerprint density at radius 3 is 2.38 bits per heavy atom. The minimum atomic E-state index is -3.53. The van der Waals surface area contributed by atoms with Crippen LogP contribution < -0.4 is 10.1 Å². The van der Waals surface area contributed by atoms with Gasteiger partial charge in [0.2, 0.25) is 15.9 Å². The zero-order valence-corrected chi connectivity index (χ0v) is 18.0. The molecule has 3 rings (SSSR count). The summed E-state index contributed by atoms with van der Waals surface area (Å²) in [5, 5.41) is 2.99. The van der Waals surface area contributed by atoms with E-state index in [4.69, 9.17) is 4.74 Å². The highest BCUT2D eigenvalue weighted by molar-refractivity contribution is 7.89. The summed E-state index contributed by atoms with van der Waals surface area (Å²) in [6, 6.07) is 14.5. The van der Waals surface area contributed by atoms with Crippen LogP contribution in [-0.4, -0.2) is 38.8 Å². The first-order valence-electron chi connectivity index (χ1n) is 9.73. The first kappa shape index (κ1) is 21.3. The molecule has 0 atom stereocenters. The van der Waals surface area contributed by atoms with Gasteiger partial charge in [0, 0.05) is 25.0 Å². The van der Waals surface area contributed by atoms with Gasteiger partial charge in [0.1, 0.15) is 5.75 Å². The molecule has 1 fully saturated rings. The Labute approximate surface area is 172 Å². The van der Waals surface area contributed by atoms with Crippen LogP contribution >= 0.6 is 0 Å². The second-order valence-corrected chi connectivity index (χ2v) is 9.75. The number of rotatable bonds is 6. The summed E-state index contributed by atoms with van der Waals surface area (Å²) in [6.07, 6.45) is 0.985. The van der Waals surface area contributed by atoms with Crippen molar-refractivity contribution >= 4 is 15.9 Å². The second-order valence-electron chi connectivity index (χ2n) is 7.81. The number of hydrogen-bond acceptors (Lipinski definition) is 4. The van der Waals surface area contributed by atoms with E-state index in [1.165, 1.54) is 4.31 Å². The molecule has 1 amide bonds. The molecule has 2 aromatic rings. The molecule has 156 valence electrons. The van der Waals surface area contributed by atoms with E-state index in [1.54, 1.807) is 25.3 Å². The van der Waals surface area contributed by atoms with E-state index in [9.17, 15) is 13.2 Å². The molecule has 1 aliphatic heterocycles. The lowest BCUT2D eigenvalue weighted by molar-refractivity contribution is -0.132. The molecule has 1 saturated heterocycles. The molecule has 0 bridgehead atoms. The summed E-state index contributed by atoms with van der Waals surface area (Å²) in [4.78, 5) is 13.1. The zero-order chi connectivity index (χ0) is 21.1. The average molecular weight is 417 g/mol. The van der Waals surface area contributed by atoms with E-state index >= 15 is 0 Å². The number of ether oxygens (including phenoxy) is 1. The van der Waals surface area contributed by atoms with E-state index in [1.807, 2.05) is 44.2 Å². The van der Waals surface area contributed by atoms with Crippen molar-refractivity contribution in [2.75, 3.05) is 20.2 Å². The number of aryl methyl sites for hydroxylation is 1. The van der Waals surface area contributed by atoms with Crippen molar-refractivity contribution in [1.82, 2.24) is 9.62 Å². The number of nitrogens with one attached hydrogen (secondary N) is 1. The normalized spacial score (nSPS) is 16.9. The van der Waals surface area contributed by atoms with Crippen molar-refractivity contribution in [2.45, 2.75) is 38.1 Å². The summed E-state index contributed by atoms with van der Waals surface area (Å²) >= 11 is 0. The number of piperidine rings is 1. The number of carbonyl (C=O) groups excluding carboxylic acids is 1. The zero-order valence-electron chi connectivity index (χ0n) is 17.1. The Kier molecular flexibility index (Phi) is 6.29. The summed E-state index contributed by atoms with van der Waals surface area (Å²) in [5.74, 6) is 0.732. The number of nitrogens with zero attached hydrogens (tertiary/aromatic N) is 1.